The number of halogens is 1. The first-order valence-corrected chi connectivity index (χ1v) is 4.90. The summed E-state index contributed by atoms with van der Waals surface area (Å²) < 4.78 is 0. The van der Waals surface area contributed by atoms with E-state index in [1.807, 2.05) is 0 Å². The monoisotopic (exact) mass is 254 g/mol. The first-order chi connectivity index (χ1) is 8.69. The van der Waals surface area contributed by atoms with Crippen LogP contribution in [0.4, 0.5) is 0 Å². The molecule has 2 radical (unpaired) electrons. The number of aromatic nitrogens is 4. The molecule has 0 aromatic carbocycles. The van der Waals surface area contributed by atoms with Gasteiger partial charge in [-0.3, -0.25) is 4.98 Å². The third kappa shape index (κ3) is 3.82. The molecule has 84 valence electrons. The summed E-state index contributed by atoms with van der Waals surface area (Å²) in [6, 6.07) is 3.59. The molecule has 0 saturated carbocycles. The van der Waals surface area contributed by atoms with Gasteiger partial charge in [-0.15, -0.1) is 0 Å². The Balaban J connectivity index is 0.000000180. The Labute approximate surface area is 109 Å². The zero-order valence-corrected chi connectivity index (χ0v) is 9.70. The van der Waals surface area contributed by atoms with Crippen LogP contribution in [0.15, 0.2) is 24.8 Å². The van der Waals surface area contributed by atoms with Gasteiger partial charge < -0.3 is 0 Å². The average molecular weight is 254 g/mol. The minimum atomic E-state index is 0.153. The Kier molecular flexibility index (Phi) is 5.23. The molecule has 0 unspecified atom stereocenters. The highest BCUT2D eigenvalue weighted by Gasteiger charge is 1.96. The highest BCUT2D eigenvalue weighted by atomic mass is 35.5. The fourth-order valence-electron chi connectivity index (χ4n) is 0.831. The first-order valence-electron chi connectivity index (χ1n) is 4.52. The van der Waals surface area contributed by atoms with Gasteiger partial charge in [-0.1, -0.05) is 11.6 Å². The molecule has 2 rings (SSSR count). The van der Waals surface area contributed by atoms with E-state index in [-0.39, 0.29) is 22.1 Å². The third-order valence-corrected chi connectivity index (χ3v) is 1.87. The Morgan fingerprint density at radius 3 is 1.78 bits per heavy atom. The zero-order valence-electron chi connectivity index (χ0n) is 8.95. The van der Waals surface area contributed by atoms with E-state index in [9.17, 15) is 0 Å². The zero-order chi connectivity index (χ0) is 13.4. The SMILES string of the molecule is N#Cc1nccnc1Cl.[B]c1nccnc1C#N. The molecule has 0 fully saturated rings. The van der Waals surface area contributed by atoms with Crippen LogP contribution in [0, 0.1) is 22.7 Å². The molecule has 0 amide bonds. The van der Waals surface area contributed by atoms with Gasteiger partial charge in [0, 0.05) is 30.4 Å². The smallest absolute Gasteiger partial charge is 0.177 e. The first kappa shape index (κ1) is 13.6. The van der Waals surface area contributed by atoms with Gasteiger partial charge in [-0.05, 0) is 0 Å². The van der Waals surface area contributed by atoms with E-state index in [0.717, 1.165) is 0 Å². The Bertz CT molecular complexity index is 563. The maximum Gasteiger partial charge on any atom is 0.177 e. The molecule has 0 saturated heterocycles. The summed E-state index contributed by atoms with van der Waals surface area (Å²) in [6.07, 6.45) is 5.72. The molecule has 6 nitrogen and oxygen atoms in total. The number of hydrogen-bond donors (Lipinski definition) is 0. The van der Waals surface area contributed by atoms with Crippen molar-refractivity contribution in [1.82, 2.24) is 19.9 Å². The normalized spacial score (nSPS) is 8.39. The molecule has 2 heterocycles. The number of nitrogens with zero attached hydrogens (tertiary/aromatic N) is 6. The van der Waals surface area contributed by atoms with E-state index < -0.39 is 0 Å². The van der Waals surface area contributed by atoms with Crippen LogP contribution in [0.5, 0.6) is 0 Å². The molecule has 0 N–H and O–H groups in total. The second-order valence-corrected chi connectivity index (χ2v) is 3.07. The van der Waals surface area contributed by atoms with Crippen molar-refractivity contribution in [3.63, 3.8) is 0 Å². The van der Waals surface area contributed by atoms with E-state index in [1.54, 1.807) is 12.1 Å². The molecule has 0 aliphatic carbocycles. The quantitative estimate of drug-likeness (QED) is 0.620. The molecule has 0 atom stereocenters. The lowest BCUT2D eigenvalue weighted by molar-refractivity contribution is 1.16. The van der Waals surface area contributed by atoms with E-state index in [0.29, 0.717) is 0 Å². The van der Waals surface area contributed by atoms with Crippen molar-refractivity contribution in [3.05, 3.63) is 41.3 Å². The van der Waals surface area contributed by atoms with Crippen LogP contribution in [-0.4, -0.2) is 27.8 Å². The number of rotatable bonds is 0. The van der Waals surface area contributed by atoms with E-state index in [1.165, 1.54) is 24.8 Å². The second kappa shape index (κ2) is 6.95. The van der Waals surface area contributed by atoms with Crippen molar-refractivity contribution in [2.24, 2.45) is 0 Å². The number of nitriles is 2. The molecule has 8 heteroatoms. The lowest BCUT2D eigenvalue weighted by atomic mass is 10.0. The summed E-state index contributed by atoms with van der Waals surface area (Å²) in [6.45, 7) is 0. The maximum absolute atomic E-state index is 8.29. The summed E-state index contributed by atoms with van der Waals surface area (Å²) in [4.78, 5) is 14.6. The van der Waals surface area contributed by atoms with Crippen LogP contribution in [0.1, 0.15) is 11.4 Å². The van der Waals surface area contributed by atoms with Gasteiger partial charge >= 0.3 is 0 Å². The Morgan fingerprint density at radius 1 is 0.889 bits per heavy atom. The van der Waals surface area contributed by atoms with Crippen LogP contribution in [-0.2, 0) is 0 Å². The van der Waals surface area contributed by atoms with Gasteiger partial charge in [-0.2, -0.15) is 10.5 Å². The molecular weight excluding hydrogens is 250 g/mol. The van der Waals surface area contributed by atoms with Crippen LogP contribution in [0.2, 0.25) is 5.15 Å². The average Bonchev–Trinajstić information content (AvgIpc) is 2.41. The van der Waals surface area contributed by atoms with Crippen LogP contribution in [0.25, 0.3) is 0 Å². The maximum atomic E-state index is 8.29. The molecular formula is C10H4BClN6. The van der Waals surface area contributed by atoms with Gasteiger partial charge in [0.2, 0.25) is 0 Å². The highest BCUT2D eigenvalue weighted by Crippen LogP contribution is 2.05. The minimum absolute atomic E-state index is 0.153. The minimum Gasteiger partial charge on any atom is -0.268 e. The van der Waals surface area contributed by atoms with Crippen molar-refractivity contribution in [2.75, 3.05) is 0 Å². The lowest BCUT2D eigenvalue weighted by Gasteiger charge is -1.89. The predicted octanol–water partition coefficient (Wildman–Crippen LogP) is 0.144. The fourth-order valence-corrected chi connectivity index (χ4v) is 0.978. The van der Waals surface area contributed by atoms with Crippen LogP contribution < -0.4 is 5.59 Å². The van der Waals surface area contributed by atoms with Crippen molar-refractivity contribution in [2.45, 2.75) is 0 Å². The van der Waals surface area contributed by atoms with Crippen LogP contribution >= 0.6 is 11.6 Å². The van der Waals surface area contributed by atoms with Crippen molar-refractivity contribution in [1.29, 1.82) is 10.5 Å². The second-order valence-electron chi connectivity index (χ2n) is 2.71. The molecule has 0 bridgehead atoms. The Hall–Kier alpha value is -2.51. The molecule has 2 aromatic heterocycles. The predicted molar refractivity (Wildman–Crippen MR) is 63.9 cm³/mol. The van der Waals surface area contributed by atoms with Crippen LogP contribution in [0.3, 0.4) is 0 Å². The molecule has 0 spiro atoms. The highest BCUT2D eigenvalue weighted by molar-refractivity contribution is 6.31. The van der Waals surface area contributed by atoms with Crippen molar-refractivity contribution in [3.8, 4) is 12.1 Å². The van der Waals surface area contributed by atoms with Crippen molar-refractivity contribution >= 4 is 25.0 Å². The topological polar surface area (TPSA) is 99.1 Å². The van der Waals surface area contributed by atoms with Gasteiger partial charge in [0.05, 0.1) is 0 Å². The van der Waals surface area contributed by atoms with E-state index >= 15 is 0 Å². The van der Waals surface area contributed by atoms with Crippen molar-refractivity contribution < 1.29 is 0 Å². The van der Waals surface area contributed by atoms with Gasteiger partial charge in [0.15, 0.2) is 16.5 Å². The fraction of sp³-hybridized carbons (Fsp3) is 0. The molecule has 2 aromatic rings. The Morgan fingerprint density at radius 2 is 1.39 bits per heavy atom. The summed E-state index contributed by atoms with van der Waals surface area (Å²) in [7, 11) is 5.23. The standard InChI is InChI=1S/C5H2BN3.C5H2ClN3/c2*6-5-4(3-7)8-1-2-9-5/h2*1-2H. The largest absolute Gasteiger partial charge is 0.268 e. The third-order valence-electron chi connectivity index (χ3n) is 1.59. The summed E-state index contributed by atoms with van der Waals surface area (Å²) >= 11 is 5.43. The summed E-state index contributed by atoms with van der Waals surface area (Å²) in [5.74, 6) is 0. The molecule has 18 heavy (non-hydrogen) atoms. The van der Waals surface area contributed by atoms with Gasteiger partial charge in [0.1, 0.15) is 20.0 Å². The lowest BCUT2D eigenvalue weighted by Crippen LogP contribution is -2.13. The van der Waals surface area contributed by atoms with E-state index in [2.05, 4.69) is 19.9 Å². The van der Waals surface area contributed by atoms with Gasteiger partial charge in [-0.25, -0.2) is 15.0 Å². The summed E-state index contributed by atoms with van der Waals surface area (Å²) in [5, 5.41) is 16.7. The molecule has 0 aliphatic rings. The summed E-state index contributed by atoms with van der Waals surface area (Å²) in [5.41, 5.74) is 0.525. The number of hydrogen-bond acceptors (Lipinski definition) is 6. The van der Waals surface area contributed by atoms with Gasteiger partial charge in [0.25, 0.3) is 0 Å². The van der Waals surface area contributed by atoms with E-state index in [4.69, 9.17) is 30.0 Å². The molecule has 0 aliphatic heterocycles.